The first-order chi connectivity index (χ1) is 16.0. The van der Waals surface area contributed by atoms with Crippen molar-refractivity contribution >= 4 is 30.1 Å². The third-order valence-electron chi connectivity index (χ3n) is 8.84. The summed E-state index contributed by atoms with van der Waals surface area (Å²) in [5, 5.41) is 26.8. The van der Waals surface area contributed by atoms with Gasteiger partial charge in [0.15, 0.2) is 17.5 Å². The van der Waals surface area contributed by atoms with Crippen LogP contribution in [0.15, 0.2) is 12.7 Å². The van der Waals surface area contributed by atoms with Gasteiger partial charge in [0.2, 0.25) is 0 Å². The molecule has 9 nitrogen and oxygen atoms in total. The van der Waals surface area contributed by atoms with Crippen LogP contribution in [0.25, 0.3) is 0 Å². The molecule has 3 N–H and O–H groups in total. The van der Waals surface area contributed by atoms with Gasteiger partial charge in [-0.05, 0) is 39.2 Å². The first kappa shape index (κ1) is 30.7. The average molecular weight is 532 g/mol. The lowest BCUT2D eigenvalue weighted by atomic mass is 9.39. The molecule has 0 bridgehead atoms. The second-order valence-corrected chi connectivity index (χ2v) is 11.7. The lowest BCUT2D eigenvalue weighted by Crippen LogP contribution is -2.87. The Morgan fingerprint density at radius 2 is 1.83 bits per heavy atom. The van der Waals surface area contributed by atoms with Crippen LogP contribution in [0.5, 0.6) is 0 Å². The Bertz CT molecular complexity index is 910. The number of hydrogen-bond donors (Lipinski definition) is 3. The summed E-state index contributed by atoms with van der Waals surface area (Å²) in [7, 11) is 1.71. The van der Waals surface area contributed by atoms with Gasteiger partial charge >= 0.3 is 11.9 Å². The van der Waals surface area contributed by atoms with Crippen molar-refractivity contribution in [2.45, 2.75) is 102 Å². The number of halogens is 1. The van der Waals surface area contributed by atoms with Crippen molar-refractivity contribution in [3.05, 3.63) is 12.7 Å². The first-order valence-corrected chi connectivity index (χ1v) is 12.3. The zero-order valence-electron chi connectivity index (χ0n) is 22.4. The van der Waals surface area contributed by atoms with Gasteiger partial charge in [-0.25, -0.2) is 0 Å². The number of rotatable bonds is 6. The van der Waals surface area contributed by atoms with E-state index < -0.39 is 69.6 Å². The molecule has 1 heterocycles. The van der Waals surface area contributed by atoms with Crippen LogP contribution in [-0.4, -0.2) is 76.6 Å². The topological polar surface area (TPSA) is 131 Å². The summed E-state index contributed by atoms with van der Waals surface area (Å²) in [6.45, 7) is 14.1. The minimum Gasteiger partial charge on any atom is -0.458 e. The Morgan fingerprint density at radius 1 is 1.22 bits per heavy atom. The number of ether oxygens (including phenoxy) is 3. The van der Waals surface area contributed by atoms with Gasteiger partial charge in [0, 0.05) is 31.2 Å². The second-order valence-electron chi connectivity index (χ2n) is 11.7. The Labute approximate surface area is 219 Å². The normalized spacial score (nSPS) is 43.3. The number of carbonyl (C=O) groups is 3. The van der Waals surface area contributed by atoms with Crippen molar-refractivity contribution in [2.75, 3.05) is 13.6 Å². The SMILES string of the molecule is C=C[C@@]1(C)CC(=O)[C@]2(O)[C@@]3(C)[C@@H](O)CCC(C)(C)[C@@H]3[C@H](OC(=O)CCNC)[C@H](OC(C)=O)[C@@]2(C)O1.Cl. The van der Waals surface area contributed by atoms with Crippen LogP contribution in [0.2, 0.25) is 0 Å². The van der Waals surface area contributed by atoms with Crippen LogP contribution in [0.1, 0.15) is 67.2 Å². The van der Waals surface area contributed by atoms with Gasteiger partial charge in [-0.2, -0.15) is 0 Å². The van der Waals surface area contributed by atoms with Crippen LogP contribution >= 0.6 is 12.4 Å². The molecule has 0 unspecified atom stereocenters. The fourth-order valence-corrected chi connectivity index (χ4v) is 7.18. The molecule has 36 heavy (non-hydrogen) atoms. The molecule has 2 aliphatic carbocycles. The lowest BCUT2D eigenvalue weighted by Gasteiger charge is -2.71. The van der Waals surface area contributed by atoms with E-state index in [1.165, 1.54) is 19.9 Å². The van der Waals surface area contributed by atoms with Gasteiger partial charge in [-0.3, -0.25) is 14.4 Å². The summed E-state index contributed by atoms with van der Waals surface area (Å²) in [4.78, 5) is 39.2. The zero-order valence-corrected chi connectivity index (χ0v) is 23.2. The van der Waals surface area contributed by atoms with E-state index in [1.54, 1.807) is 20.9 Å². The number of aliphatic hydroxyl groups excluding tert-OH is 1. The first-order valence-electron chi connectivity index (χ1n) is 12.3. The number of fused-ring (bicyclic) bond motifs is 3. The Hall–Kier alpha value is -1.52. The fraction of sp³-hybridized carbons (Fsp3) is 0.808. The number of Topliss-reactive ketones (excluding diaryl/α,β-unsaturated/α-hetero) is 1. The van der Waals surface area contributed by atoms with Crippen LogP contribution in [-0.2, 0) is 28.6 Å². The highest BCUT2D eigenvalue weighted by molar-refractivity contribution is 5.92. The number of carbonyl (C=O) groups excluding carboxylic acids is 3. The minimum atomic E-state index is -2.24. The van der Waals surface area contributed by atoms with Gasteiger partial charge in [-0.1, -0.05) is 26.8 Å². The maximum absolute atomic E-state index is 13.9. The Balaban J connectivity index is 0.00000456. The highest BCUT2D eigenvalue weighted by Gasteiger charge is 2.82. The third kappa shape index (κ3) is 4.30. The fourth-order valence-electron chi connectivity index (χ4n) is 7.18. The van der Waals surface area contributed by atoms with Crippen molar-refractivity contribution in [1.82, 2.24) is 5.32 Å². The molecule has 0 aromatic carbocycles. The summed E-state index contributed by atoms with van der Waals surface area (Å²) >= 11 is 0. The van der Waals surface area contributed by atoms with E-state index in [1.807, 2.05) is 13.8 Å². The molecule has 3 aliphatic rings. The summed E-state index contributed by atoms with van der Waals surface area (Å²) in [6.07, 6.45) is -1.22. The van der Waals surface area contributed by atoms with E-state index in [2.05, 4.69) is 11.9 Å². The summed E-state index contributed by atoms with van der Waals surface area (Å²) in [6, 6.07) is 0. The molecule has 0 aromatic rings. The monoisotopic (exact) mass is 531 g/mol. The average Bonchev–Trinajstić information content (AvgIpc) is 2.75. The number of aliphatic hydroxyl groups is 2. The predicted molar refractivity (Wildman–Crippen MR) is 135 cm³/mol. The predicted octanol–water partition coefficient (Wildman–Crippen LogP) is 2.10. The quantitative estimate of drug-likeness (QED) is 0.348. The molecule has 1 saturated heterocycles. The third-order valence-corrected chi connectivity index (χ3v) is 8.84. The van der Waals surface area contributed by atoms with Crippen LogP contribution in [0.4, 0.5) is 0 Å². The van der Waals surface area contributed by atoms with Gasteiger partial charge in [0.05, 0.1) is 18.1 Å². The van der Waals surface area contributed by atoms with E-state index in [9.17, 15) is 24.6 Å². The van der Waals surface area contributed by atoms with E-state index in [0.29, 0.717) is 19.4 Å². The summed E-state index contributed by atoms with van der Waals surface area (Å²) in [5.74, 6) is -2.45. The molecule has 0 spiro atoms. The van der Waals surface area contributed by atoms with Crippen molar-refractivity contribution < 1.29 is 38.8 Å². The van der Waals surface area contributed by atoms with Gasteiger partial charge in [0.1, 0.15) is 11.7 Å². The lowest BCUT2D eigenvalue weighted by molar-refractivity contribution is -0.371. The zero-order chi connectivity index (χ0) is 26.6. The molecule has 8 atom stereocenters. The maximum Gasteiger partial charge on any atom is 0.307 e. The number of hydrogen-bond acceptors (Lipinski definition) is 9. The Morgan fingerprint density at radius 3 is 2.36 bits per heavy atom. The molecule has 0 amide bonds. The molecule has 0 aromatic heterocycles. The minimum absolute atomic E-state index is 0. The number of esters is 2. The van der Waals surface area contributed by atoms with Gasteiger partial charge in [0.25, 0.3) is 0 Å². The van der Waals surface area contributed by atoms with Crippen molar-refractivity contribution in [1.29, 1.82) is 0 Å². The molecule has 3 fully saturated rings. The molecule has 2 saturated carbocycles. The van der Waals surface area contributed by atoms with Crippen molar-refractivity contribution in [3.8, 4) is 0 Å². The van der Waals surface area contributed by atoms with E-state index in [-0.39, 0.29) is 25.2 Å². The van der Waals surface area contributed by atoms with Gasteiger partial charge < -0.3 is 29.7 Å². The molecular weight excluding hydrogens is 490 g/mol. The molecule has 0 radical (unpaired) electrons. The van der Waals surface area contributed by atoms with E-state index in [4.69, 9.17) is 14.2 Å². The standard InChI is InChI=1S/C26H41NO8.ClH/c1-9-23(5)14-17(30)26(32)24(6)16(29)10-12-22(3,4)20(24)19(34-18(31)11-13-27-8)21(33-15(2)28)25(26,7)35-23;/h9,16,19-21,27,29,32H,1,10-14H2,2-8H3;1H/t16-,19-,20-,21-,23-,24-,25+,26-;/m0./s1. The van der Waals surface area contributed by atoms with Crippen molar-refractivity contribution in [2.24, 2.45) is 16.7 Å². The largest absolute Gasteiger partial charge is 0.458 e. The van der Waals surface area contributed by atoms with Crippen molar-refractivity contribution in [3.63, 3.8) is 0 Å². The molecular formula is C26H42ClNO8. The number of ketones is 1. The highest BCUT2D eigenvalue weighted by Crippen LogP contribution is 2.67. The molecule has 3 rings (SSSR count). The van der Waals surface area contributed by atoms with Crippen LogP contribution < -0.4 is 5.32 Å². The highest BCUT2D eigenvalue weighted by atomic mass is 35.5. The van der Waals surface area contributed by atoms with Crippen LogP contribution in [0, 0.1) is 16.7 Å². The van der Waals surface area contributed by atoms with E-state index >= 15 is 0 Å². The Kier molecular flexibility index (Phi) is 8.51. The maximum atomic E-state index is 13.9. The second kappa shape index (κ2) is 9.98. The van der Waals surface area contributed by atoms with Crippen LogP contribution in [0.3, 0.4) is 0 Å². The molecule has 1 aliphatic heterocycles. The molecule has 10 heteroatoms. The summed E-state index contributed by atoms with van der Waals surface area (Å²) in [5.41, 5.74) is -7.30. The number of nitrogens with one attached hydrogen (secondary N) is 1. The molecule has 206 valence electrons. The smallest absolute Gasteiger partial charge is 0.307 e. The summed E-state index contributed by atoms with van der Waals surface area (Å²) < 4.78 is 18.2. The van der Waals surface area contributed by atoms with Gasteiger partial charge in [-0.15, -0.1) is 19.0 Å². The van der Waals surface area contributed by atoms with E-state index in [0.717, 1.165) is 0 Å².